The van der Waals surface area contributed by atoms with E-state index in [9.17, 15) is 4.79 Å². The summed E-state index contributed by atoms with van der Waals surface area (Å²) in [5.41, 5.74) is 10.2. The fourth-order valence-corrected chi connectivity index (χ4v) is 2.82. The summed E-state index contributed by atoms with van der Waals surface area (Å²) in [6.07, 6.45) is 1.16. The first-order valence-corrected chi connectivity index (χ1v) is 4.95. The fraction of sp³-hybridized carbons (Fsp3) is 0.900. The van der Waals surface area contributed by atoms with Crippen molar-refractivity contribution in [2.45, 2.75) is 57.2 Å². The number of amides is 1. The summed E-state index contributed by atoms with van der Waals surface area (Å²) in [7, 11) is 0. The Hall–Kier alpha value is -0.610. The van der Waals surface area contributed by atoms with Crippen LogP contribution in [0.25, 0.3) is 0 Å². The highest BCUT2D eigenvalue weighted by Gasteiger charge is 2.48. The van der Waals surface area contributed by atoms with Crippen molar-refractivity contribution < 1.29 is 4.79 Å². The summed E-state index contributed by atoms with van der Waals surface area (Å²) in [6, 6.07) is 0. The molecule has 1 saturated heterocycles. The molecule has 5 N–H and O–H groups in total. The third-order valence-electron chi connectivity index (χ3n) is 2.68. The quantitative estimate of drug-likeness (QED) is 0.560. The van der Waals surface area contributed by atoms with Crippen molar-refractivity contribution >= 4 is 5.91 Å². The lowest BCUT2D eigenvalue weighted by Crippen LogP contribution is -2.70. The molecule has 1 rings (SSSR count). The van der Waals surface area contributed by atoms with Crippen LogP contribution in [0.2, 0.25) is 0 Å². The Balaban J connectivity index is 2.97. The average molecular weight is 199 g/mol. The van der Waals surface area contributed by atoms with Crippen LogP contribution in [0.4, 0.5) is 0 Å². The van der Waals surface area contributed by atoms with Crippen molar-refractivity contribution in [1.29, 1.82) is 0 Å². The number of hydrogen-bond acceptors (Lipinski definition) is 3. The van der Waals surface area contributed by atoms with Gasteiger partial charge < -0.3 is 16.8 Å². The molecule has 1 fully saturated rings. The van der Waals surface area contributed by atoms with Crippen LogP contribution in [0.15, 0.2) is 0 Å². The van der Waals surface area contributed by atoms with Gasteiger partial charge in [-0.2, -0.15) is 0 Å². The second-order valence-corrected chi connectivity index (χ2v) is 5.77. The zero-order chi connectivity index (χ0) is 11.2. The molecule has 1 aliphatic rings. The molecule has 0 aliphatic carbocycles. The Bertz CT molecular complexity index is 242. The zero-order valence-electron chi connectivity index (χ0n) is 9.48. The molecule has 1 amide bonds. The lowest BCUT2D eigenvalue weighted by Gasteiger charge is -2.50. The van der Waals surface area contributed by atoms with Gasteiger partial charge in [0.25, 0.3) is 0 Å². The highest BCUT2D eigenvalue weighted by Crippen LogP contribution is 2.33. The molecule has 14 heavy (non-hydrogen) atoms. The van der Waals surface area contributed by atoms with Crippen molar-refractivity contribution in [1.82, 2.24) is 5.32 Å². The molecule has 0 saturated carbocycles. The molecule has 82 valence electrons. The summed E-state index contributed by atoms with van der Waals surface area (Å²) in [5.74, 6) is -0.403. The van der Waals surface area contributed by atoms with E-state index in [4.69, 9.17) is 11.5 Å². The number of hydrogen-bond donors (Lipinski definition) is 3. The Morgan fingerprint density at radius 2 is 1.50 bits per heavy atom. The first-order chi connectivity index (χ1) is 6.06. The predicted molar refractivity (Wildman–Crippen MR) is 56.6 cm³/mol. The summed E-state index contributed by atoms with van der Waals surface area (Å²) in [6.45, 7) is 8.16. The van der Waals surface area contributed by atoms with E-state index in [1.54, 1.807) is 0 Å². The monoisotopic (exact) mass is 199 g/mol. The maximum atomic E-state index is 11.3. The minimum atomic E-state index is -0.877. The number of carbonyl (C=O) groups excluding carboxylic acids is 1. The molecule has 0 unspecified atom stereocenters. The van der Waals surface area contributed by atoms with Gasteiger partial charge in [-0.1, -0.05) is 0 Å². The van der Waals surface area contributed by atoms with E-state index in [0.29, 0.717) is 12.8 Å². The molecule has 4 heteroatoms. The molecule has 0 bridgehead atoms. The first-order valence-electron chi connectivity index (χ1n) is 4.95. The summed E-state index contributed by atoms with van der Waals surface area (Å²) in [5, 5.41) is 3.45. The standard InChI is InChI=1S/C10H21N3O/c1-8(2)5-10(12,7(11)14)6-9(3,4)13-8/h13H,5-6,12H2,1-4H3,(H2,11,14). The summed E-state index contributed by atoms with van der Waals surface area (Å²) < 4.78 is 0. The number of primary amides is 1. The van der Waals surface area contributed by atoms with Crippen LogP contribution in [0.1, 0.15) is 40.5 Å². The SMILES string of the molecule is CC1(C)CC(N)(C(N)=O)CC(C)(C)N1. The van der Waals surface area contributed by atoms with Crippen molar-refractivity contribution in [3.05, 3.63) is 0 Å². The summed E-state index contributed by atoms with van der Waals surface area (Å²) in [4.78, 5) is 11.3. The average Bonchev–Trinajstić information content (AvgIpc) is 1.76. The predicted octanol–water partition coefficient (Wildman–Crippen LogP) is 0.110. The molecule has 1 heterocycles. The van der Waals surface area contributed by atoms with Crippen LogP contribution in [0.3, 0.4) is 0 Å². The minimum absolute atomic E-state index is 0.147. The van der Waals surface area contributed by atoms with Gasteiger partial charge in [-0.15, -0.1) is 0 Å². The van der Waals surface area contributed by atoms with Gasteiger partial charge in [-0.05, 0) is 40.5 Å². The van der Waals surface area contributed by atoms with Crippen LogP contribution >= 0.6 is 0 Å². The molecule has 0 aromatic rings. The largest absolute Gasteiger partial charge is 0.368 e. The van der Waals surface area contributed by atoms with E-state index in [-0.39, 0.29) is 11.1 Å². The fourth-order valence-electron chi connectivity index (χ4n) is 2.82. The minimum Gasteiger partial charge on any atom is -0.368 e. The van der Waals surface area contributed by atoms with Gasteiger partial charge in [0, 0.05) is 11.1 Å². The Morgan fingerprint density at radius 1 is 1.14 bits per heavy atom. The molecule has 0 aromatic heterocycles. The van der Waals surface area contributed by atoms with Crippen LogP contribution in [0, 0.1) is 0 Å². The Morgan fingerprint density at radius 3 is 1.79 bits per heavy atom. The lowest BCUT2D eigenvalue weighted by atomic mass is 9.71. The molecule has 0 spiro atoms. The van der Waals surface area contributed by atoms with E-state index >= 15 is 0 Å². The number of rotatable bonds is 1. The van der Waals surface area contributed by atoms with Gasteiger partial charge in [0.15, 0.2) is 0 Å². The zero-order valence-corrected chi connectivity index (χ0v) is 9.48. The van der Waals surface area contributed by atoms with Gasteiger partial charge in [0.2, 0.25) is 5.91 Å². The van der Waals surface area contributed by atoms with Gasteiger partial charge in [0.05, 0.1) is 5.54 Å². The van der Waals surface area contributed by atoms with Crippen molar-refractivity contribution in [3.8, 4) is 0 Å². The Labute approximate surface area is 85.4 Å². The highest BCUT2D eigenvalue weighted by atomic mass is 16.1. The van der Waals surface area contributed by atoms with Crippen LogP contribution in [0.5, 0.6) is 0 Å². The van der Waals surface area contributed by atoms with E-state index < -0.39 is 11.4 Å². The molecule has 1 aliphatic heterocycles. The molecule has 0 atom stereocenters. The second-order valence-electron chi connectivity index (χ2n) is 5.77. The van der Waals surface area contributed by atoms with Crippen molar-refractivity contribution in [3.63, 3.8) is 0 Å². The highest BCUT2D eigenvalue weighted by molar-refractivity contribution is 5.84. The molecular weight excluding hydrogens is 178 g/mol. The topological polar surface area (TPSA) is 81.1 Å². The molecule has 0 aromatic carbocycles. The second kappa shape index (κ2) is 2.94. The number of nitrogens with one attached hydrogen (secondary N) is 1. The van der Waals surface area contributed by atoms with Gasteiger partial charge in [-0.3, -0.25) is 4.79 Å². The maximum Gasteiger partial charge on any atom is 0.237 e. The molecule has 0 radical (unpaired) electrons. The maximum absolute atomic E-state index is 11.3. The smallest absolute Gasteiger partial charge is 0.237 e. The van der Waals surface area contributed by atoms with Gasteiger partial charge in [-0.25, -0.2) is 0 Å². The van der Waals surface area contributed by atoms with Crippen LogP contribution in [-0.4, -0.2) is 22.5 Å². The first kappa shape index (κ1) is 11.5. The number of carbonyl (C=O) groups is 1. The lowest BCUT2D eigenvalue weighted by molar-refractivity contribution is -0.126. The van der Waals surface area contributed by atoms with Crippen molar-refractivity contribution in [2.24, 2.45) is 11.5 Å². The van der Waals surface area contributed by atoms with Gasteiger partial charge in [0.1, 0.15) is 0 Å². The Kier molecular flexibility index (Phi) is 2.41. The molecule has 4 nitrogen and oxygen atoms in total. The third-order valence-corrected chi connectivity index (χ3v) is 2.68. The van der Waals surface area contributed by atoms with E-state index in [1.807, 2.05) is 27.7 Å². The van der Waals surface area contributed by atoms with E-state index in [2.05, 4.69) is 5.32 Å². The third kappa shape index (κ3) is 2.25. The molecular formula is C10H21N3O. The van der Waals surface area contributed by atoms with Crippen LogP contribution in [-0.2, 0) is 4.79 Å². The van der Waals surface area contributed by atoms with Gasteiger partial charge >= 0.3 is 0 Å². The van der Waals surface area contributed by atoms with Crippen molar-refractivity contribution in [2.75, 3.05) is 0 Å². The van der Waals surface area contributed by atoms with E-state index in [1.165, 1.54) is 0 Å². The van der Waals surface area contributed by atoms with E-state index in [0.717, 1.165) is 0 Å². The van der Waals surface area contributed by atoms with Crippen LogP contribution < -0.4 is 16.8 Å². The number of piperidine rings is 1. The number of nitrogens with two attached hydrogens (primary N) is 2. The normalized spacial score (nSPS) is 28.4. The summed E-state index contributed by atoms with van der Waals surface area (Å²) >= 11 is 0.